The number of furan rings is 1. The molecule has 0 fully saturated rings. The summed E-state index contributed by atoms with van der Waals surface area (Å²) in [7, 11) is 0. The first-order chi connectivity index (χ1) is 30.7. The van der Waals surface area contributed by atoms with E-state index in [1.165, 1.54) is 11.1 Å². The maximum absolute atomic E-state index is 6.36. The molecule has 0 spiro atoms. The fourth-order valence-electron chi connectivity index (χ4n) is 8.91. The van der Waals surface area contributed by atoms with Crippen molar-refractivity contribution in [2.75, 3.05) is 0 Å². The Morgan fingerprint density at radius 3 is 1.35 bits per heavy atom. The lowest BCUT2D eigenvalue weighted by molar-refractivity contribution is 0.669. The van der Waals surface area contributed by atoms with Gasteiger partial charge in [-0.3, -0.25) is 0 Å². The molecule has 0 atom stereocenters. The average Bonchev–Trinajstić information content (AvgIpc) is 3.89. The summed E-state index contributed by atoms with van der Waals surface area (Å²) >= 11 is 0. The van der Waals surface area contributed by atoms with Gasteiger partial charge < -0.3 is 8.98 Å². The minimum absolute atomic E-state index is 0.601. The molecule has 0 bridgehead atoms. The van der Waals surface area contributed by atoms with Crippen molar-refractivity contribution in [3.8, 4) is 73.2 Å². The SMILES string of the molecule is c1ccc(-c2ccc3oc4ccc(-c5ccc6c(c5)c5ccccc5n6-c5c(-c6ccccc6)cccc5-c5nc(-c6ccccc6)nc(-c6ccccc6)n5)cc4c3c2)cc1. The summed E-state index contributed by atoms with van der Waals surface area (Å²) in [5, 5.41) is 4.52. The smallest absolute Gasteiger partial charge is 0.166 e. The van der Waals surface area contributed by atoms with Crippen LogP contribution in [-0.4, -0.2) is 19.5 Å². The van der Waals surface area contributed by atoms with Crippen molar-refractivity contribution >= 4 is 43.7 Å². The monoisotopic (exact) mass is 792 g/mol. The molecule has 0 unspecified atom stereocenters. The van der Waals surface area contributed by atoms with Crippen LogP contribution in [0.1, 0.15) is 0 Å². The summed E-state index contributed by atoms with van der Waals surface area (Å²) in [6.45, 7) is 0. The molecule has 0 radical (unpaired) electrons. The average molecular weight is 793 g/mol. The number of nitrogens with zero attached hydrogens (tertiary/aromatic N) is 4. The molecule has 5 heteroatoms. The molecule has 0 saturated carbocycles. The van der Waals surface area contributed by atoms with E-state index in [1.54, 1.807) is 0 Å². The summed E-state index contributed by atoms with van der Waals surface area (Å²) in [5.74, 6) is 1.84. The third kappa shape index (κ3) is 6.06. The molecule has 0 amide bonds. The van der Waals surface area contributed by atoms with Gasteiger partial charge in [-0.15, -0.1) is 0 Å². The Labute approximate surface area is 357 Å². The number of benzene rings is 9. The summed E-state index contributed by atoms with van der Waals surface area (Å²) in [6, 6.07) is 76.4. The predicted molar refractivity (Wildman–Crippen MR) is 254 cm³/mol. The largest absolute Gasteiger partial charge is 0.456 e. The lowest BCUT2D eigenvalue weighted by Crippen LogP contribution is -2.05. The van der Waals surface area contributed by atoms with Crippen molar-refractivity contribution in [1.29, 1.82) is 0 Å². The van der Waals surface area contributed by atoms with Crippen LogP contribution in [0.2, 0.25) is 0 Å². The van der Waals surface area contributed by atoms with Gasteiger partial charge in [-0.25, -0.2) is 15.0 Å². The van der Waals surface area contributed by atoms with E-state index in [0.717, 1.165) is 88.4 Å². The Kier molecular flexibility index (Phi) is 8.42. The van der Waals surface area contributed by atoms with Crippen LogP contribution in [0.4, 0.5) is 0 Å². The quantitative estimate of drug-likeness (QED) is 0.161. The molecule has 290 valence electrons. The highest BCUT2D eigenvalue weighted by atomic mass is 16.3. The zero-order valence-electron chi connectivity index (χ0n) is 33.5. The van der Waals surface area contributed by atoms with Crippen LogP contribution >= 0.6 is 0 Å². The van der Waals surface area contributed by atoms with Crippen LogP contribution in [0.3, 0.4) is 0 Å². The van der Waals surface area contributed by atoms with E-state index in [4.69, 9.17) is 19.4 Å². The predicted octanol–water partition coefficient (Wildman–Crippen LogP) is 14.9. The van der Waals surface area contributed by atoms with Gasteiger partial charge in [-0.1, -0.05) is 170 Å². The van der Waals surface area contributed by atoms with Gasteiger partial charge in [0.05, 0.1) is 16.7 Å². The van der Waals surface area contributed by atoms with Gasteiger partial charge >= 0.3 is 0 Å². The van der Waals surface area contributed by atoms with E-state index in [0.29, 0.717) is 17.5 Å². The maximum atomic E-state index is 6.36. The normalized spacial score (nSPS) is 11.5. The Morgan fingerprint density at radius 2 is 0.742 bits per heavy atom. The summed E-state index contributed by atoms with van der Waals surface area (Å²) < 4.78 is 8.76. The van der Waals surface area contributed by atoms with Gasteiger partial charge in [0.25, 0.3) is 0 Å². The molecule has 0 saturated heterocycles. The molecular weight excluding hydrogens is 757 g/mol. The van der Waals surface area contributed by atoms with E-state index < -0.39 is 0 Å². The van der Waals surface area contributed by atoms with Crippen molar-refractivity contribution in [1.82, 2.24) is 19.5 Å². The third-order valence-corrected chi connectivity index (χ3v) is 11.9. The number of hydrogen-bond acceptors (Lipinski definition) is 4. The van der Waals surface area contributed by atoms with Crippen molar-refractivity contribution in [2.24, 2.45) is 0 Å². The van der Waals surface area contributed by atoms with Crippen molar-refractivity contribution in [3.63, 3.8) is 0 Å². The van der Waals surface area contributed by atoms with Gasteiger partial charge in [0.2, 0.25) is 0 Å². The van der Waals surface area contributed by atoms with Crippen LogP contribution in [0.5, 0.6) is 0 Å². The van der Waals surface area contributed by atoms with E-state index in [2.05, 4.69) is 187 Å². The fraction of sp³-hybridized carbons (Fsp3) is 0. The van der Waals surface area contributed by atoms with Crippen molar-refractivity contribution in [3.05, 3.63) is 218 Å². The molecule has 0 N–H and O–H groups in total. The second-order valence-electron chi connectivity index (χ2n) is 15.6. The number of fused-ring (bicyclic) bond motifs is 6. The van der Waals surface area contributed by atoms with Gasteiger partial charge in [-0.05, 0) is 76.3 Å². The molecule has 62 heavy (non-hydrogen) atoms. The van der Waals surface area contributed by atoms with Crippen LogP contribution in [0.25, 0.3) is 117 Å². The van der Waals surface area contributed by atoms with Crippen molar-refractivity contribution < 1.29 is 4.42 Å². The van der Waals surface area contributed by atoms with E-state index in [1.807, 2.05) is 36.4 Å². The second kappa shape index (κ2) is 14.7. The van der Waals surface area contributed by atoms with Gasteiger partial charge in [0.1, 0.15) is 11.2 Å². The molecule has 12 rings (SSSR count). The number of aromatic nitrogens is 4. The Bertz CT molecular complexity index is 3560. The second-order valence-corrected chi connectivity index (χ2v) is 15.6. The molecule has 3 aromatic heterocycles. The van der Waals surface area contributed by atoms with Crippen LogP contribution < -0.4 is 0 Å². The Hall–Kier alpha value is -8.41. The van der Waals surface area contributed by atoms with Crippen LogP contribution in [0, 0.1) is 0 Å². The van der Waals surface area contributed by atoms with Gasteiger partial charge in [0.15, 0.2) is 17.5 Å². The third-order valence-electron chi connectivity index (χ3n) is 11.9. The minimum atomic E-state index is 0.601. The lowest BCUT2D eigenvalue weighted by Gasteiger charge is -2.19. The van der Waals surface area contributed by atoms with E-state index in [9.17, 15) is 0 Å². The highest BCUT2D eigenvalue weighted by Gasteiger charge is 2.23. The summed E-state index contributed by atoms with van der Waals surface area (Å²) in [4.78, 5) is 15.5. The Balaban J connectivity index is 1.08. The van der Waals surface area contributed by atoms with E-state index in [-0.39, 0.29) is 0 Å². The van der Waals surface area contributed by atoms with Crippen LogP contribution in [-0.2, 0) is 0 Å². The highest BCUT2D eigenvalue weighted by molar-refractivity contribution is 6.12. The minimum Gasteiger partial charge on any atom is -0.456 e. The molecule has 12 aromatic rings. The molecule has 5 nitrogen and oxygen atoms in total. The van der Waals surface area contributed by atoms with Gasteiger partial charge in [-0.2, -0.15) is 0 Å². The number of para-hydroxylation sites is 2. The maximum Gasteiger partial charge on any atom is 0.166 e. The molecule has 9 aromatic carbocycles. The molecule has 0 aliphatic rings. The van der Waals surface area contributed by atoms with Crippen molar-refractivity contribution in [2.45, 2.75) is 0 Å². The summed E-state index contributed by atoms with van der Waals surface area (Å²) in [5.41, 5.74) is 14.5. The summed E-state index contributed by atoms with van der Waals surface area (Å²) in [6.07, 6.45) is 0. The van der Waals surface area contributed by atoms with Crippen LogP contribution in [0.15, 0.2) is 223 Å². The zero-order chi connectivity index (χ0) is 41.0. The standard InChI is InChI=1S/C57H36N4O/c1-5-16-37(17-6-1)41-29-32-52-48(35-41)49-36-43(30-33-53(49)62-52)42-28-31-51-47(34-42)45-24-13-14-27-50(45)61(51)54-44(38-18-7-2-8-19-38)25-15-26-46(54)57-59-55(39-20-9-3-10-21-39)58-56(60-57)40-22-11-4-12-23-40/h1-36H. The molecule has 0 aliphatic heterocycles. The van der Waals surface area contributed by atoms with Gasteiger partial charge in [0, 0.05) is 43.8 Å². The lowest BCUT2D eigenvalue weighted by atomic mass is 9.98. The number of rotatable bonds is 7. The fourth-order valence-corrected chi connectivity index (χ4v) is 8.91. The molecule has 0 aliphatic carbocycles. The zero-order valence-corrected chi connectivity index (χ0v) is 33.5. The number of hydrogen-bond donors (Lipinski definition) is 0. The first-order valence-electron chi connectivity index (χ1n) is 20.8. The van der Waals surface area contributed by atoms with E-state index >= 15 is 0 Å². The topological polar surface area (TPSA) is 56.7 Å². The molecular formula is C57H36N4O. The first kappa shape index (κ1) is 35.5. The molecule has 3 heterocycles. The highest BCUT2D eigenvalue weighted by Crippen LogP contribution is 2.43. The first-order valence-corrected chi connectivity index (χ1v) is 20.8. The Morgan fingerprint density at radius 1 is 0.290 bits per heavy atom.